The third kappa shape index (κ3) is 4.15. The maximum Gasteiger partial charge on any atom is 0.243 e. The van der Waals surface area contributed by atoms with Crippen LogP contribution in [0.1, 0.15) is 11.3 Å². The van der Waals surface area contributed by atoms with Gasteiger partial charge in [-0.05, 0) is 48.9 Å². The van der Waals surface area contributed by atoms with E-state index in [1.165, 1.54) is 16.4 Å². The van der Waals surface area contributed by atoms with Gasteiger partial charge in [0.05, 0.1) is 4.90 Å². The van der Waals surface area contributed by atoms with Crippen molar-refractivity contribution in [3.63, 3.8) is 0 Å². The fourth-order valence-corrected chi connectivity index (χ4v) is 5.75. The predicted molar refractivity (Wildman–Crippen MR) is 132 cm³/mol. The zero-order chi connectivity index (χ0) is 23.9. The highest BCUT2D eigenvalue weighted by Crippen LogP contribution is 2.28. The predicted octanol–water partition coefficient (Wildman–Crippen LogP) is 4.56. The van der Waals surface area contributed by atoms with Crippen molar-refractivity contribution in [1.82, 2.24) is 14.3 Å². The lowest BCUT2D eigenvalue weighted by Gasteiger charge is -2.35. The summed E-state index contributed by atoms with van der Waals surface area (Å²) in [5, 5.41) is 1.91. The highest BCUT2D eigenvalue weighted by Gasteiger charge is 2.30. The number of halogens is 1. The number of hydrogen-bond donors (Lipinski definition) is 0. The molecule has 0 atom stereocenters. The summed E-state index contributed by atoms with van der Waals surface area (Å²) in [6.45, 7) is 5.58. The number of nitrogens with zero attached hydrogens (tertiary/aromatic N) is 4. The maximum atomic E-state index is 13.7. The van der Waals surface area contributed by atoms with Crippen LogP contribution in [0.15, 0.2) is 71.6 Å². The molecule has 1 aliphatic heterocycles. The average Bonchev–Trinajstić information content (AvgIpc) is 2.85. The Hall–Kier alpha value is -3.36. The van der Waals surface area contributed by atoms with Crippen molar-refractivity contribution in [2.24, 2.45) is 0 Å². The zero-order valence-corrected chi connectivity index (χ0v) is 19.9. The number of benzene rings is 3. The number of rotatable bonds is 4. The molecule has 1 fully saturated rings. The third-order valence-electron chi connectivity index (χ3n) is 6.34. The Balaban J connectivity index is 1.38. The van der Waals surface area contributed by atoms with E-state index in [-0.39, 0.29) is 5.82 Å². The highest BCUT2D eigenvalue weighted by molar-refractivity contribution is 7.89. The van der Waals surface area contributed by atoms with E-state index >= 15 is 0 Å². The molecule has 4 aromatic rings. The van der Waals surface area contributed by atoms with Gasteiger partial charge in [0.2, 0.25) is 10.0 Å². The second kappa shape index (κ2) is 8.77. The molecule has 2 heterocycles. The molecule has 0 saturated carbocycles. The molecule has 8 heteroatoms. The summed E-state index contributed by atoms with van der Waals surface area (Å²) in [6, 6.07) is 19.2. The van der Waals surface area contributed by atoms with Crippen LogP contribution in [0, 0.1) is 19.7 Å². The first kappa shape index (κ1) is 22.4. The van der Waals surface area contributed by atoms with E-state index in [1.807, 2.05) is 44.2 Å². The Morgan fingerprint density at radius 2 is 1.56 bits per heavy atom. The Bertz CT molecular complexity index is 1480. The van der Waals surface area contributed by atoms with Crippen molar-refractivity contribution in [2.75, 3.05) is 31.1 Å². The third-order valence-corrected chi connectivity index (χ3v) is 8.24. The van der Waals surface area contributed by atoms with Gasteiger partial charge in [0.15, 0.2) is 5.82 Å². The van der Waals surface area contributed by atoms with E-state index in [0.29, 0.717) is 42.5 Å². The molecule has 0 spiro atoms. The SMILES string of the molecule is Cc1nc(-c2cccc(F)c2)nc(N2CCN(S(=O)(=O)c3ccc4ccccc4c3)CC2)c1C. The van der Waals surface area contributed by atoms with E-state index in [9.17, 15) is 12.8 Å². The van der Waals surface area contributed by atoms with Gasteiger partial charge < -0.3 is 4.90 Å². The van der Waals surface area contributed by atoms with E-state index in [0.717, 1.165) is 27.8 Å². The quantitative estimate of drug-likeness (QED) is 0.432. The van der Waals surface area contributed by atoms with Crippen LogP contribution in [0.25, 0.3) is 22.2 Å². The highest BCUT2D eigenvalue weighted by atomic mass is 32.2. The summed E-state index contributed by atoms with van der Waals surface area (Å²) >= 11 is 0. The molecular weight excluding hydrogens is 451 g/mol. The van der Waals surface area contributed by atoms with E-state index in [2.05, 4.69) is 9.88 Å². The Morgan fingerprint density at radius 3 is 2.29 bits per heavy atom. The first-order valence-corrected chi connectivity index (χ1v) is 12.6. The fraction of sp³-hybridized carbons (Fsp3) is 0.231. The molecule has 0 aliphatic carbocycles. The molecule has 6 nitrogen and oxygen atoms in total. The van der Waals surface area contributed by atoms with E-state index < -0.39 is 10.0 Å². The molecular formula is C26H25FN4O2S. The van der Waals surface area contributed by atoms with E-state index in [4.69, 9.17) is 4.98 Å². The van der Waals surface area contributed by atoms with Crippen molar-refractivity contribution in [3.8, 4) is 11.4 Å². The van der Waals surface area contributed by atoms with E-state index in [1.54, 1.807) is 24.3 Å². The van der Waals surface area contributed by atoms with Gasteiger partial charge in [0.25, 0.3) is 0 Å². The number of hydrogen-bond acceptors (Lipinski definition) is 5. The van der Waals surface area contributed by atoms with Crippen molar-refractivity contribution >= 4 is 26.6 Å². The fourth-order valence-electron chi connectivity index (χ4n) is 4.30. The largest absolute Gasteiger partial charge is 0.354 e. The van der Waals surface area contributed by atoms with Crippen molar-refractivity contribution < 1.29 is 12.8 Å². The topological polar surface area (TPSA) is 66.4 Å². The Kier molecular flexibility index (Phi) is 5.79. The van der Waals surface area contributed by atoms with Crippen LogP contribution in [-0.2, 0) is 10.0 Å². The van der Waals surface area contributed by atoms with Gasteiger partial charge in [0, 0.05) is 43.0 Å². The normalized spacial score (nSPS) is 15.1. The van der Waals surface area contributed by atoms with Crippen molar-refractivity contribution in [2.45, 2.75) is 18.7 Å². The minimum Gasteiger partial charge on any atom is -0.354 e. The summed E-state index contributed by atoms with van der Waals surface area (Å²) in [5.74, 6) is 0.881. The molecule has 1 saturated heterocycles. The number of anilines is 1. The molecule has 0 N–H and O–H groups in total. The summed E-state index contributed by atoms with van der Waals surface area (Å²) in [7, 11) is -3.60. The van der Waals surface area contributed by atoms with Crippen molar-refractivity contribution in [3.05, 3.63) is 83.8 Å². The molecule has 34 heavy (non-hydrogen) atoms. The van der Waals surface area contributed by atoms with Crippen LogP contribution >= 0.6 is 0 Å². The molecule has 5 rings (SSSR count). The summed E-state index contributed by atoms with van der Waals surface area (Å²) in [6.07, 6.45) is 0. The van der Waals surface area contributed by atoms with Crippen LogP contribution < -0.4 is 4.90 Å². The molecule has 0 bridgehead atoms. The second-order valence-electron chi connectivity index (χ2n) is 8.49. The first-order chi connectivity index (χ1) is 16.3. The van der Waals surface area contributed by atoms with Gasteiger partial charge >= 0.3 is 0 Å². The molecule has 174 valence electrons. The van der Waals surface area contributed by atoms with Crippen LogP contribution in [0.2, 0.25) is 0 Å². The number of sulfonamides is 1. The molecule has 1 aromatic heterocycles. The minimum absolute atomic E-state index is 0.308. The van der Waals surface area contributed by atoms with Crippen LogP contribution in [0.5, 0.6) is 0 Å². The van der Waals surface area contributed by atoms with Gasteiger partial charge in [-0.1, -0.05) is 42.5 Å². The van der Waals surface area contributed by atoms with Crippen LogP contribution in [0.3, 0.4) is 0 Å². The standard InChI is InChI=1S/C26H25FN4O2S/c1-18-19(2)28-25(22-8-5-9-23(27)16-22)29-26(18)30-12-14-31(15-13-30)34(32,33)24-11-10-20-6-3-4-7-21(20)17-24/h3-11,16-17H,12-15H2,1-2H3. The molecule has 1 aliphatic rings. The summed E-state index contributed by atoms with van der Waals surface area (Å²) < 4.78 is 41.9. The van der Waals surface area contributed by atoms with Gasteiger partial charge in [-0.3, -0.25) is 0 Å². The van der Waals surface area contributed by atoms with Crippen LogP contribution in [-0.4, -0.2) is 48.9 Å². The molecule has 0 radical (unpaired) electrons. The first-order valence-electron chi connectivity index (χ1n) is 11.2. The lowest BCUT2D eigenvalue weighted by molar-refractivity contribution is 0.383. The zero-order valence-electron chi connectivity index (χ0n) is 19.1. The van der Waals surface area contributed by atoms with Crippen LogP contribution in [0.4, 0.5) is 10.2 Å². The summed E-state index contributed by atoms with van der Waals surface area (Å²) in [4.78, 5) is 11.7. The van der Waals surface area contributed by atoms with Gasteiger partial charge in [-0.15, -0.1) is 0 Å². The Morgan fingerprint density at radius 1 is 0.824 bits per heavy atom. The monoisotopic (exact) mass is 476 g/mol. The maximum absolute atomic E-state index is 13.7. The number of aromatic nitrogens is 2. The minimum atomic E-state index is -3.60. The lowest BCUT2D eigenvalue weighted by Crippen LogP contribution is -2.49. The van der Waals surface area contributed by atoms with Crippen molar-refractivity contribution in [1.29, 1.82) is 0 Å². The molecule has 0 amide bonds. The van der Waals surface area contributed by atoms with Gasteiger partial charge in [0.1, 0.15) is 11.6 Å². The lowest BCUT2D eigenvalue weighted by atomic mass is 10.1. The number of piperazine rings is 1. The average molecular weight is 477 g/mol. The molecule has 0 unspecified atom stereocenters. The van der Waals surface area contributed by atoms with Gasteiger partial charge in [-0.25, -0.2) is 22.8 Å². The smallest absolute Gasteiger partial charge is 0.243 e. The number of fused-ring (bicyclic) bond motifs is 1. The second-order valence-corrected chi connectivity index (χ2v) is 10.4. The number of aryl methyl sites for hydroxylation is 1. The summed E-state index contributed by atoms with van der Waals surface area (Å²) in [5.41, 5.74) is 2.36. The van der Waals surface area contributed by atoms with Gasteiger partial charge in [-0.2, -0.15) is 4.31 Å². The molecule has 3 aromatic carbocycles. The Labute approximate surface area is 198 Å².